The number of hydrogen-bond donors (Lipinski definition) is 1. The third-order valence-corrected chi connectivity index (χ3v) is 5.39. The van der Waals surface area contributed by atoms with Gasteiger partial charge in [0, 0.05) is 10.9 Å². The molecular formula is C23H20N2O3S. The van der Waals surface area contributed by atoms with Crippen LogP contribution in [-0.2, 0) is 11.2 Å². The molecule has 3 aromatic carbocycles. The van der Waals surface area contributed by atoms with Crippen molar-refractivity contribution in [3.63, 3.8) is 0 Å². The predicted octanol–water partition coefficient (Wildman–Crippen LogP) is 5.16. The largest absolute Gasteiger partial charge is 0.493 e. The van der Waals surface area contributed by atoms with Crippen LogP contribution >= 0.6 is 11.3 Å². The van der Waals surface area contributed by atoms with Crippen LogP contribution in [0.25, 0.3) is 22.0 Å². The Hall–Kier alpha value is -3.38. The molecule has 1 heterocycles. The van der Waals surface area contributed by atoms with Gasteiger partial charge in [-0.25, -0.2) is 4.98 Å². The molecule has 0 saturated carbocycles. The lowest BCUT2D eigenvalue weighted by Gasteiger charge is -2.09. The van der Waals surface area contributed by atoms with Gasteiger partial charge in [0.25, 0.3) is 0 Å². The van der Waals surface area contributed by atoms with Crippen LogP contribution in [0.5, 0.6) is 11.5 Å². The van der Waals surface area contributed by atoms with E-state index in [-0.39, 0.29) is 12.3 Å². The molecule has 29 heavy (non-hydrogen) atoms. The van der Waals surface area contributed by atoms with Crippen LogP contribution in [0.15, 0.2) is 66.0 Å². The fraction of sp³-hybridized carbons (Fsp3) is 0.130. The molecule has 0 atom stereocenters. The van der Waals surface area contributed by atoms with Crippen molar-refractivity contribution in [3.8, 4) is 22.8 Å². The van der Waals surface area contributed by atoms with Gasteiger partial charge in [0.05, 0.1) is 26.3 Å². The molecule has 1 N–H and O–H groups in total. The molecule has 5 nitrogen and oxygen atoms in total. The number of amides is 1. The minimum Gasteiger partial charge on any atom is -0.493 e. The molecule has 6 heteroatoms. The third kappa shape index (κ3) is 4.07. The normalized spacial score (nSPS) is 10.7. The van der Waals surface area contributed by atoms with Crippen LogP contribution in [-0.4, -0.2) is 25.1 Å². The van der Waals surface area contributed by atoms with Crippen LogP contribution in [0.3, 0.4) is 0 Å². The standard InChI is InChI=1S/C23H20N2O3S/c1-27-20-11-10-15(12-21(20)28-2)13-22(26)25-23-24-19(14-29-23)18-9-5-7-16-6-3-4-8-17(16)18/h3-12,14H,13H2,1-2H3,(H,24,25,26). The van der Waals surface area contributed by atoms with Gasteiger partial charge in [-0.05, 0) is 28.5 Å². The second kappa shape index (κ2) is 8.32. The highest BCUT2D eigenvalue weighted by molar-refractivity contribution is 7.14. The monoisotopic (exact) mass is 404 g/mol. The molecule has 1 aromatic heterocycles. The van der Waals surface area contributed by atoms with E-state index in [1.165, 1.54) is 11.3 Å². The number of thiazole rings is 1. The average molecular weight is 404 g/mol. The van der Waals surface area contributed by atoms with Crippen LogP contribution in [0, 0.1) is 0 Å². The van der Waals surface area contributed by atoms with Crippen molar-refractivity contribution in [2.45, 2.75) is 6.42 Å². The van der Waals surface area contributed by atoms with Gasteiger partial charge in [0.15, 0.2) is 16.6 Å². The highest BCUT2D eigenvalue weighted by Gasteiger charge is 2.12. The molecular weight excluding hydrogens is 384 g/mol. The number of ether oxygens (including phenoxy) is 2. The van der Waals surface area contributed by atoms with E-state index in [0.29, 0.717) is 16.6 Å². The zero-order chi connectivity index (χ0) is 20.2. The number of rotatable bonds is 6. The SMILES string of the molecule is COc1ccc(CC(=O)Nc2nc(-c3cccc4ccccc34)cs2)cc1OC. The van der Waals surface area contributed by atoms with E-state index in [9.17, 15) is 4.79 Å². The van der Waals surface area contributed by atoms with Crippen molar-refractivity contribution in [3.05, 3.63) is 71.6 Å². The molecule has 0 fully saturated rings. The lowest BCUT2D eigenvalue weighted by Crippen LogP contribution is -2.14. The number of anilines is 1. The van der Waals surface area contributed by atoms with Gasteiger partial charge < -0.3 is 14.8 Å². The molecule has 0 aliphatic carbocycles. The van der Waals surface area contributed by atoms with Crippen LogP contribution in [0.1, 0.15) is 5.56 Å². The van der Waals surface area contributed by atoms with Crippen molar-refractivity contribution in [1.82, 2.24) is 4.98 Å². The fourth-order valence-electron chi connectivity index (χ4n) is 3.24. The van der Waals surface area contributed by atoms with Crippen LogP contribution in [0.2, 0.25) is 0 Å². The van der Waals surface area contributed by atoms with Gasteiger partial charge in [-0.3, -0.25) is 4.79 Å². The minimum atomic E-state index is -0.129. The predicted molar refractivity (Wildman–Crippen MR) is 117 cm³/mol. The molecule has 0 spiro atoms. The van der Waals surface area contributed by atoms with Gasteiger partial charge in [-0.2, -0.15) is 0 Å². The molecule has 0 radical (unpaired) electrons. The zero-order valence-electron chi connectivity index (χ0n) is 16.1. The summed E-state index contributed by atoms with van der Waals surface area (Å²) in [6, 6.07) is 19.8. The van der Waals surface area contributed by atoms with Crippen molar-refractivity contribution in [2.24, 2.45) is 0 Å². The summed E-state index contributed by atoms with van der Waals surface area (Å²) in [7, 11) is 3.16. The number of carbonyl (C=O) groups excluding carboxylic acids is 1. The number of methoxy groups -OCH3 is 2. The lowest BCUT2D eigenvalue weighted by molar-refractivity contribution is -0.115. The Morgan fingerprint density at radius 3 is 2.62 bits per heavy atom. The number of nitrogens with zero attached hydrogens (tertiary/aromatic N) is 1. The quantitative estimate of drug-likeness (QED) is 0.482. The second-order valence-electron chi connectivity index (χ2n) is 6.48. The van der Waals surface area contributed by atoms with Crippen molar-refractivity contribution < 1.29 is 14.3 Å². The van der Waals surface area contributed by atoms with Gasteiger partial charge in [0.1, 0.15) is 0 Å². The summed E-state index contributed by atoms with van der Waals surface area (Å²) in [6.45, 7) is 0. The zero-order valence-corrected chi connectivity index (χ0v) is 17.0. The van der Waals surface area contributed by atoms with E-state index < -0.39 is 0 Å². The first-order chi connectivity index (χ1) is 14.2. The topological polar surface area (TPSA) is 60.5 Å². The van der Waals surface area contributed by atoms with E-state index in [1.807, 2.05) is 41.8 Å². The maximum absolute atomic E-state index is 12.5. The number of hydrogen-bond acceptors (Lipinski definition) is 5. The van der Waals surface area contributed by atoms with Crippen LogP contribution in [0.4, 0.5) is 5.13 Å². The highest BCUT2D eigenvalue weighted by Crippen LogP contribution is 2.31. The summed E-state index contributed by atoms with van der Waals surface area (Å²) < 4.78 is 10.5. The van der Waals surface area contributed by atoms with Gasteiger partial charge in [0.2, 0.25) is 5.91 Å². The van der Waals surface area contributed by atoms with Gasteiger partial charge in [-0.1, -0.05) is 48.5 Å². The van der Waals surface area contributed by atoms with Gasteiger partial charge >= 0.3 is 0 Å². The first-order valence-electron chi connectivity index (χ1n) is 9.12. The van der Waals surface area contributed by atoms with Crippen molar-refractivity contribution in [1.29, 1.82) is 0 Å². The van der Waals surface area contributed by atoms with Crippen molar-refractivity contribution >= 4 is 33.1 Å². The summed E-state index contributed by atoms with van der Waals surface area (Å²) in [5, 5.41) is 7.75. The Labute approximate surface area is 172 Å². The number of fused-ring (bicyclic) bond motifs is 1. The summed E-state index contributed by atoms with van der Waals surface area (Å²) in [6.07, 6.45) is 0.226. The van der Waals surface area contributed by atoms with Crippen LogP contribution < -0.4 is 14.8 Å². The third-order valence-electron chi connectivity index (χ3n) is 4.63. The Bertz CT molecular complexity index is 1160. The lowest BCUT2D eigenvalue weighted by atomic mass is 10.0. The number of carbonyl (C=O) groups is 1. The maximum Gasteiger partial charge on any atom is 0.230 e. The maximum atomic E-state index is 12.5. The number of benzene rings is 3. The van der Waals surface area contributed by atoms with E-state index in [4.69, 9.17) is 9.47 Å². The Morgan fingerprint density at radius 1 is 1.00 bits per heavy atom. The molecule has 4 rings (SSSR count). The molecule has 0 aliphatic heterocycles. The Kier molecular flexibility index (Phi) is 5.44. The van der Waals surface area contributed by atoms with E-state index in [0.717, 1.165) is 27.6 Å². The summed E-state index contributed by atoms with van der Waals surface area (Å²) in [5.41, 5.74) is 2.75. The van der Waals surface area contributed by atoms with E-state index in [2.05, 4.69) is 28.5 Å². The molecule has 0 aliphatic rings. The molecule has 0 bridgehead atoms. The smallest absolute Gasteiger partial charge is 0.230 e. The Balaban J connectivity index is 1.50. The number of aromatic nitrogens is 1. The van der Waals surface area contributed by atoms with Gasteiger partial charge in [-0.15, -0.1) is 11.3 Å². The van der Waals surface area contributed by atoms with E-state index in [1.54, 1.807) is 20.3 Å². The molecule has 0 unspecified atom stereocenters. The first kappa shape index (κ1) is 19.0. The second-order valence-corrected chi connectivity index (χ2v) is 7.34. The summed E-state index contributed by atoms with van der Waals surface area (Å²) >= 11 is 1.42. The average Bonchev–Trinajstić information content (AvgIpc) is 3.21. The first-order valence-corrected chi connectivity index (χ1v) is 10.0. The summed E-state index contributed by atoms with van der Waals surface area (Å²) in [4.78, 5) is 17.1. The Morgan fingerprint density at radius 2 is 1.79 bits per heavy atom. The molecule has 1 amide bonds. The molecule has 4 aromatic rings. The van der Waals surface area contributed by atoms with Crippen molar-refractivity contribution in [2.75, 3.05) is 19.5 Å². The molecule has 0 saturated heterocycles. The fourth-order valence-corrected chi connectivity index (χ4v) is 3.97. The van der Waals surface area contributed by atoms with E-state index >= 15 is 0 Å². The molecule has 146 valence electrons. The highest BCUT2D eigenvalue weighted by atomic mass is 32.1. The minimum absolute atomic E-state index is 0.129. The summed E-state index contributed by atoms with van der Waals surface area (Å²) in [5.74, 6) is 1.11. The number of nitrogens with one attached hydrogen (secondary N) is 1.